The van der Waals surface area contributed by atoms with E-state index in [0.717, 1.165) is 28.6 Å². The summed E-state index contributed by atoms with van der Waals surface area (Å²) < 4.78 is 85.9. The lowest BCUT2D eigenvalue weighted by molar-refractivity contribution is -0.137. The van der Waals surface area contributed by atoms with E-state index < -0.39 is 32.5 Å². The minimum atomic E-state index is -4.68. The van der Waals surface area contributed by atoms with Crippen LogP contribution in [0.15, 0.2) is 65.6 Å². The van der Waals surface area contributed by atoms with Crippen LogP contribution >= 0.6 is 11.6 Å². The lowest BCUT2D eigenvalue weighted by Crippen LogP contribution is -2.38. The topological polar surface area (TPSA) is 46.6 Å². The molecule has 1 heterocycles. The van der Waals surface area contributed by atoms with Crippen LogP contribution in [0.3, 0.4) is 0 Å². The zero-order valence-corrected chi connectivity index (χ0v) is 17.2. The lowest BCUT2D eigenvalue weighted by atomic mass is 10.0. The fourth-order valence-electron chi connectivity index (χ4n) is 3.30. The molecular formula is C21H14ClF4NO3S. The number of sulfonamides is 1. The highest BCUT2D eigenvalue weighted by molar-refractivity contribution is 7.92. The molecule has 1 aliphatic rings. The van der Waals surface area contributed by atoms with Gasteiger partial charge in [-0.3, -0.25) is 4.31 Å². The minimum Gasteiger partial charge on any atom is -0.489 e. The summed E-state index contributed by atoms with van der Waals surface area (Å²) in [6.07, 6.45) is -4.68. The van der Waals surface area contributed by atoms with Gasteiger partial charge in [-0.2, -0.15) is 13.2 Å². The number of hydrogen-bond donors (Lipinski definition) is 0. The van der Waals surface area contributed by atoms with Gasteiger partial charge in [0.2, 0.25) is 0 Å². The van der Waals surface area contributed by atoms with Crippen molar-refractivity contribution in [2.45, 2.75) is 11.1 Å². The fourth-order valence-corrected chi connectivity index (χ4v) is 5.02. The van der Waals surface area contributed by atoms with Gasteiger partial charge in [0.25, 0.3) is 10.0 Å². The first kappa shape index (κ1) is 21.5. The molecule has 0 fully saturated rings. The van der Waals surface area contributed by atoms with Crippen molar-refractivity contribution >= 4 is 27.3 Å². The Labute approximate surface area is 180 Å². The summed E-state index contributed by atoms with van der Waals surface area (Å²) in [7, 11) is -4.32. The standard InChI is InChI=1S/C21H14ClF4NO3S/c22-16-8-14(9-17(23)12-16)13-4-5-20-19(10-13)27(6-7-30-20)31(28,29)18-3-1-2-15(11-18)21(24,25)26/h1-5,8-12H,6-7H2. The van der Waals surface area contributed by atoms with Crippen LogP contribution in [0.4, 0.5) is 23.2 Å². The molecule has 0 atom stereocenters. The van der Waals surface area contributed by atoms with Crippen molar-refractivity contribution in [3.63, 3.8) is 0 Å². The van der Waals surface area contributed by atoms with Crippen molar-refractivity contribution in [3.05, 3.63) is 77.1 Å². The van der Waals surface area contributed by atoms with E-state index in [-0.39, 0.29) is 29.6 Å². The third kappa shape index (κ3) is 4.20. The van der Waals surface area contributed by atoms with Gasteiger partial charge in [0.1, 0.15) is 18.2 Å². The van der Waals surface area contributed by atoms with Crippen LogP contribution in [-0.4, -0.2) is 21.6 Å². The first-order chi connectivity index (χ1) is 14.6. The summed E-state index contributed by atoms with van der Waals surface area (Å²) in [4.78, 5) is -0.491. The molecule has 4 rings (SSSR count). The van der Waals surface area contributed by atoms with Crippen LogP contribution in [0, 0.1) is 5.82 Å². The van der Waals surface area contributed by atoms with Crippen LogP contribution in [0.2, 0.25) is 5.02 Å². The Balaban J connectivity index is 1.80. The molecule has 10 heteroatoms. The quantitative estimate of drug-likeness (QED) is 0.457. The maximum atomic E-state index is 13.8. The first-order valence-corrected chi connectivity index (χ1v) is 10.8. The zero-order chi connectivity index (χ0) is 22.4. The Hall–Kier alpha value is -2.78. The molecule has 0 saturated heterocycles. The van der Waals surface area contributed by atoms with E-state index in [2.05, 4.69) is 0 Å². The molecule has 0 N–H and O–H groups in total. The molecule has 162 valence electrons. The molecule has 4 nitrogen and oxygen atoms in total. The number of hydrogen-bond acceptors (Lipinski definition) is 3. The molecule has 0 radical (unpaired) electrons. The van der Waals surface area contributed by atoms with E-state index in [1.807, 2.05) is 0 Å². The van der Waals surface area contributed by atoms with E-state index in [1.165, 1.54) is 24.3 Å². The van der Waals surface area contributed by atoms with Crippen LogP contribution in [0.1, 0.15) is 5.56 Å². The summed E-state index contributed by atoms with van der Waals surface area (Å²) in [6.45, 7) is -0.0741. The number of halogens is 5. The molecule has 0 amide bonds. The van der Waals surface area contributed by atoms with Crippen LogP contribution in [-0.2, 0) is 16.2 Å². The highest BCUT2D eigenvalue weighted by Gasteiger charge is 2.34. The van der Waals surface area contributed by atoms with Crippen LogP contribution in [0.25, 0.3) is 11.1 Å². The predicted molar refractivity (Wildman–Crippen MR) is 108 cm³/mol. The van der Waals surface area contributed by atoms with E-state index >= 15 is 0 Å². The number of benzene rings is 3. The predicted octanol–water partition coefficient (Wildman–Crippen LogP) is 5.75. The second-order valence-electron chi connectivity index (χ2n) is 6.79. The second-order valence-corrected chi connectivity index (χ2v) is 9.09. The molecule has 0 aliphatic carbocycles. The molecule has 31 heavy (non-hydrogen) atoms. The average molecular weight is 472 g/mol. The number of fused-ring (bicyclic) bond motifs is 1. The second kappa shape index (κ2) is 7.72. The SMILES string of the molecule is O=S(=O)(c1cccc(C(F)(F)F)c1)N1CCOc2ccc(-c3cc(F)cc(Cl)c3)cc21. The lowest BCUT2D eigenvalue weighted by Gasteiger charge is -2.31. The van der Waals surface area contributed by atoms with Gasteiger partial charge in [0.05, 0.1) is 22.7 Å². The summed E-state index contributed by atoms with van der Waals surface area (Å²) in [5, 5.41) is 0.164. The van der Waals surface area contributed by atoms with Crippen molar-refractivity contribution in [1.29, 1.82) is 0 Å². The number of alkyl halides is 3. The molecule has 0 bridgehead atoms. The Morgan fingerprint density at radius 1 is 0.968 bits per heavy atom. The third-order valence-electron chi connectivity index (χ3n) is 4.72. The first-order valence-electron chi connectivity index (χ1n) is 8.99. The summed E-state index contributed by atoms with van der Waals surface area (Å²) in [6, 6.07) is 12.1. The summed E-state index contributed by atoms with van der Waals surface area (Å²) in [5.74, 6) is -0.321. The van der Waals surface area contributed by atoms with Gasteiger partial charge in [-0.1, -0.05) is 23.7 Å². The number of rotatable bonds is 3. The third-order valence-corrected chi connectivity index (χ3v) is 6.75. The molecule has 0 aromatic heterocycles. The van der Waals surface area contributed by atoms with Gasteiger partial charge >= 0.3 is 6.18 Å². The van der Waals surface area contributed by atoms with Gasteiger partial charge < -0.3 is 4.74 Å². The molecule has 0 spiro atoms. The number of ether oxygens (including phenoxy) is 1. The van der Waals surface area contributed by atoms with Gasteiger partial charge in [-0.05, 0) is 59.7 Å². The zero-order valence-electron chi connectivity index (χ0n) is 15.7. The number of anilines is 1. The maximum absolute atomic E-state index is 13.8. The molecule has 3 aromatic carbocycles. The largest absolute Gasteiger partial charge is 0.489 e. The smallest absolute Gasteiger partial charge is 0.416 e. The van der Waals surface area contributed by atoms with Crippen molar-refractivity contribution in [2.75, 3.05) is 17.5 Å². The van der Waals surface area contributed by atoms with Crippen molar-refractivity contribution in [2.24, 2.45) is 0 Å². The van der Waals surface area contributed by atoms with Crippen molar-refractivity contribution in [3.8, 4) is 16.9 Å². The fraction of sp³-hybridized carbons (Fsp3) is 0.143. The molecule has 1 aliphatic heterocycles. The van der Waals surface area contributed by atoms with E-state index in [1.54, 1.807) is 6.07 Å². The molecule has 0 unspecified atom stereocenters. The Morgan fingerprint density at radius 3 is 2.45 bits per heavy atom. The highest BCUT2D eigenvalue weighted by Crippen LogP contribution is 2.39. The van der Waals surface area contributed by atoms with Crippen LogP contribution < -0.4 is 9.04 Å². The monoisotopic (exact) mass is 471 g/mol. The van der Waals surface area contributed by atoms with Gasteiger partial charge in [-0.25, -0.2) is 12.8 Å². The molecule has 0 saturated carbocycles. The molecule has 3 aromatic rings. The van der Waals surface area contributed by atoms with Gasteiger partial charge in [0, 0.05) is 5.02 Å². The normalized spacial score (nSPS) is 14.2. The van der Waals surface area contributed by atoms with Crippen LogP contribution in [0.5, 0.6) is 5.75 Å². The number of nitrogens with zero attached hydrogens (tertiary/aromatic N) is 1. The summed E-state index contributed by atoms with van der Waals surface area (Å²) in [5.41, 5.74) is -0.0450. The molecular weight excluding hydrogens is 458 g/mol. The van der Waals surface area contributed by atoms with Gasteiger partial charge in [-0.15, -0.1) is 0 Å². The highest BCUT2D eigenvalue weighted by atomic mass is 35.5. The van der Waals surface area contributed by atoms with E-state index in [0.29, 0.717) is 17.2 Å². The Morgan fingerprint density at radius 2 is 1.74 bits per heavy atom. The maximum Gasteiger partial charge on any atom is 0.416 e. The van der Waals surface area contributed by atoms with E-state index in [9.17, 15) is 26.0 Å². The van der Waals surface area contributed by atoms with Crippen molar-refractivity contribution < 1.29 is 30.7 Å². The van der Waals surface area contributed by atoms with Gasteiger partial charge in [0.15, 0.2) is 0 Å². The summed E-state index contributed by atoms with van der Waals surface area (Å²) >= 11 is 5.91. The van der Waals surface area contributed by atoms with Crippen molar-refractivity contribution in [1.82, 2.24) is 0 Å². The van der Waals surface area contributed by atoms with E-state index in [4.69, 9.17) is 16.3 Å². The minimum absolute atomic E-state index is 0.0241. The Bertz CT molecular complexity index is 1240. The average Bonchev–Trinajstić information content (AvgIpc) is 2.71. The Kier molecular flexibility index (Phi) is 5.35.